The van der Waals surface area contributed by atoms with Crippen LogP contribution < -0.4 is 16.4 Å². The Labute approximate surface area is 130 Å². The van der Waals surface area contributed by atoms with Gasteiger partial charge in [0.05, 0.1) is 6.04 Å². The number of primary amides is 1. The Morgan fingerprint density at radius 2 is 2.23 bits per heavy atom. The summed E-state index contributed by atoms with van der Waals surface area (Å²) < 4.78 is 1.82. The van der Waals surface area contributed by atoms with E-state index in [-0.39, 0.29) is 11.9 Å². The normalized spacial score (nSPS) is 20.4. The van der Waals surface area contributed by atoms with Gasteiger partial charge in [-0.2, -0.15) is 5.10 Å². The molecule has 4 N–H and O–H groups in total. The van der Waals surface area contributed by atoms with Gasteiger partial charge in [0.1, 0.15) is 11.7 Å². The lowest BCUT2D eigenvalue weighted by molar-refractivity contribution is -0.122. The van der Waals surface area contributed by atoms with Gasteiger partial charge < -0.3 is 16.4 Å². The van der Waals surface area contributed by atoms with Gasteiger partial charge in [0.25, 0.3) is 5.91 Å². The highest BCUT2D eigenvalue weighted by Gasteiger charge is 2.32. The molecule has 1 aromatic heterocycles. The molecule has 1 aliphatic rings. The number of nitrogens with one attached hydrogen (secondary N) is 2. The third kappa shape index (κ3) is 3.85. The highest BCUT2D eigenvalue weighted by molar-refractivity contribution is 5.96. The van der Waals surface area contributed by atoms with Crippen LogP contribution in [0.5, 0.6) is 0 Å². The molecule has 0 spiro atoms. The summed E-state index contributed by atoms with van der Waals surface area (Å²) in [7, 11) is 0. The van der Waals surface area contributed by atoms with Crippen molar-refractivity contribution in [1.29, 1.82) is 0 Å². The van der Waals surface area contributed by atoms with Crippen molar-refractivity contribution in [2.24, 2.45) is 11.1 Å². The van der Waals surface area contributed by atoms with Crippen LogP contribution in [0.1, 0.15) is 50.1 Å². The van der Waals surface area contributed by atoms with Crippen LogP contribution in [0.4, 0.5) is 0 Å². The topological polar surface area (TPSA) is 102 Å². The average Bonchev–Trinajstić information content (AvgIpc) is 2.93. The lowest BCUT2D eigenvalue weighted by Crippen LogP contribution is -2.52. The summed E-state index contributed by atoms with van der Waals surface area (Å²) >= 11 is 0. The number of carbonyl (C=O) groups excluding carboxylic acids is 2. The molecule has 7 nitrogen and oxygen atoms in total. The largest absolute Gasteiger partial charge is 0.368 e. The summed E-state index contributed by atoms with van der Waals surface area (Å²) in [5.41, 5.74) is 5.24. The number of rotatable bonds is 4. The van der Waals surface area contributed by atoms with E-state index in [1.807, 2.05) is 31.6 Å². The smallest absolute Gasteiger partial charge is 0.272 e. The number of carbonyl (C=O) groups is 2. The zero-order valence-electron chi connectivity index (χ0n) is 13.4. The van der Waals surface area contributed by atoms with Crippen LogP contribution in [0.2, 0.25) is 0 Å². The Morgan fingerprint density at radius 1 is 1.50 bits per heavy atom. The number of aromatic nitrogens is 2. The predicted molar refractivity (Wildman–Crippen MR) is 83.3 cm³/mol. The molecule has 0 radical (unpaired) electrons. The Morgan fingerprint density at radius 3 is 2.77 bits per heavy atom. The predicted octanol–water partition coefficient (Wildman–Crippen LogP) is 0.437. The highest BCUT2D eigenvalue weighted by Crippen LogP contribution is 2.20. The first-order valence-corrected chi connectivity index (χ1v) is 7.65. The van der Waals surface area contributed by atoms with Crippen LogP contribution in [0.25, 0.3) is 0 Å². The van der Waals surface area contributed by atoms with Crippen LogP contribution in [0.3, 0.4) is 0 Å². The van der Waals surface area contributed by atoms with E-state index in [9.17, 15) is 9.59 Å². The van der Waals surface area contributed by atoms with Gasteiger partial charge in [-0.25, -0.2) is 0 Å². The van der Waals surface area contributed by atoms with Crippen molar-refractivity contribution in [3.63, 3.8) is 0 Å². The second-order valence-corrected chi connectivity index (χ2v) is 6.86. The fourth-order valence-electron chi connectivity index (χ4n) is 2.64. The molecule has 1 fully saturated rings. The van der Waals surface area contributed by atoms with Crippen molar-refractivity contribution >= 4 is 11.8 Å². The first-order valence-electron chi connectivity index (χ1n) is 7.65. The van der Waals surface area contributed by atoms with Gasteiger partial charge in [0.15, 0.2) is 0 Å². The van der Waals surface area contributed by atoms with Gasteiger partial charge >= 0.3 is 0 Å². The van der Waals surface area contributed by atoms with Crippen molar-refractivity contribution in [3.05, 3.63) is 18.0 Å². The van der Waals surface area contributed by atoms with Crippen LogP contribution in [0, 0.1) is 5.41 Å². The molecule has 0 aromatic carbocycles. The van der Waals surface area contributed by atoms with E-state index in [2.05, 4.69) is 15.7 Å². The van der Waals surface area contributed by atoms with Crippen molar-refractivity contribution in [2.45, 2.75) is 45.7 Å². The molecule has 0 aliphatic carbocycles. The molecule has 1 aliphatic heterocycles. The Hall–Kier alpha value is -1.89. The SMILES string of the molecule is CC(C)(C)C(NC(=O)c1ccn(C2CCCNC2)n1)C(N)=O. The number of amides is 2. The molecule has 2 unspecified atom stereocenters. The summed E-state index contributed by atoms with van der Waals surface area (Å²) in [5.74, 6) is -0.919. The number of hydrogen-bond donors (Lipinski definition) is 3. The van der Waals surface area contributed by atoms with E-state index in [0.717, 1.165) is 25.9 Å². The molecular formula is C15H25N5O2. The molecule has 2 amide bonds. The van der Waals surface area contributed by atoms with Gasteiger partial charge in [-0.3, -0.25) is 14.3 Å². The summed E-state index contributed by atoms with van der Waals surface area (Å²) in [6.45, 7) is 7.45. The Balaban J connectivity index is 2.06. The maximum atomic E-state index is 12.3. The molecule has 0 bridgehead atoms. The van der Waals surface area contributed by atoms with E-state index in [0.29, 0.717) is 5.69 Å². The van der Waals surface area contributed by atoms with Gasteiger partial charge in [0.2, 0.25) is 5.91 Å². The lowest BCUT2D eigenvalue weighted by atomic mass is 9.86. The van der Waals surface area contributed by atoms with E-state index in [1.165, 1.54) is 0 Å². The highest BCUT2D eigenvalue weighted by atomic mass is 16.2. The molecule has 0 saturated carbocycles. The quantitative estimate of drug-likeness (QED) is 0.751. The first-order chi connectivity index (χ1) is 10.3. The molecule has 2 rings (SSSR count). The Bertz CT molecular complexity index is 540. The van der Waals surface area contributed by atoms with Gasteiger partial charge in [-0.05, 0) is 30.9 Å². The molecule has 22 heavy (non-hydrogen) atoms. The van der Waals surface area contributed by atoms with Crippen molar-refractivity contribution in [2.75, 3.05) is 13.1 Å². The number of piperidine rings is 1. The second-order valence-electron chi connectivity index (χ2n) is 6.86. The van der Waals surface area contributed by atoms with E-state index in [4.69, 9.17) is 5.73 Å². The molecule has 1 saturated heterocycles. The summed E-state index contributed by atoms with van der Waals surface area (Å²) in [4.78, 5) is 23.8. The maximum Gasteiger partial charge on any atom is 0.272 e. The maximum absolute atomic E-state index is 12.3. The summed E-state index contributed by atoms with van der Waals surface area (Å²) in [5, 5.41) is 10.3. The number of nitrogens with two attached hydrogens (primary N) is 1. The lowest BCUT2D eigenvalue weighted by Gasteiger charge is -2.28. The summed E-state index contributed by atoms with van der Waals surface area (Å²) in [6, 6.07) is 1.20. The third-order valence-corrected chi connectivity index (χ3v) is 3.91. The minimum absolute atomic E-state index is 0.268. The molecule has 7 heteroatoms. The van der Waals surface area contributed by atoms with Gasteiger partial charge in [-0.15, -0.1) is 0 Å². The first kappa shape index (κ1) is 16.5. The monoisotopic (exact) mass is 307 g/mol. The molecular weight excluding hydrogens is 282 g/mol. The third-order valence-electron chi connectivity index (χ3n) is 3.91. The fourth-order valence-corrected chi connectivity index (χ4v) is 2.64. The molecule has 1 aromatic rings. The second kappa shape index (κ2) is 6.48. The van der Waals surface area contributed by atoms with Gasteiger partial charge in [0, 0.05) is 12.7 Å². The van der Waals surface area contributed by atoms with Crippen molar-refractivity contribution < 1.29 is 9.59 Å². The van der Waals surface area contributed by atoms with Crippen LogP contribution in [0.15, 0.2) is 12.3 Å². The molecule has 2 heterocycles. The zero-order chi connectivity index (χ0) is 16.3. The molecule has 2 atom stereocenters. The fraction of sp³-hybridized carbons (Fsp3) is 0.667. The minimum atomic E-state index is -0.735. The summed E-state index contributed by atoms with van der Waals surface area (Å²) in [6.07, 6.45) is 3.95. The van der Waals surface area contributed by atoms with Gasteiger partial charge in [-0.1, -0.05) is 20.8 Å². The standard InChI is InChI=1S/C15H25N5O2/c1-15(2,3)12(13(16)21)18-14(22)11-6-8-20(19-11)10-5-4-7-17-9-10/h6,8,10,12,17H,4-5,7,9H2,1-3H3,(H2,16,21)(H,18,22). The van der Waals surface area contributed by atoms with Crippen LogP contribution in [-0.4, -0.2) is 40.7 Å². The molecule has 122 valence electrons. The number of hydrogen-bond acceptors (Lipinski definition) is 4. The van der Waals surface area contributed by atoms with E-state index < -0.39 is 17.4 Å². The van der Waals surface area contributed by atoms with Crippen molar-refractivity contribution in [1.82, 2.24) is 20.4 Å². The van der Waals surface area contributed by atoms with E-state index >= 15 is 0 Å². The minimum Gasteiger partial charge on any atom is -0.368 e. The van der Waals surface area contributed by atoms with Crippen LogP contribution >= 0.6 is 0 Å². The van der Waals surface area contributed by atoms with E-state index in [1.54, 1.807) is 6.07 Å². The van der Waals surface area contributed by atoms with Crippen molar-refractivity contribution in [3.8, 4) is 0 Å². The van der Waals surface area contributed by atoms with Crippen LogP contribution in [-0.2, 0) is 4.79 Å². The zero-order valence-corrected chi connectivity index (χ0v) is 13.4. The average molecular weight is 307 g/mol. The number of nitrogens with zero attached hydrogens (tertiary/aromatic N) is 2. The Kier molecular flexibility index (Phi) is 4.85.